The number of H-pyrrole nitrogens is 1. The Kier molecular flexibility index (Phi) is 5.49. The average molecular weight is 396 g/mol. The Labute approximate surface area is 166 Å². The van der Waals surface area contributed by atoms with Crippen molar-refractivity contribution in [1.29, 1.82) is 0 Å². The Balaban J connectivity index is 2.01. The van der Waals surface area contributed by atoms with Crippen LogP contribution in [0.5, 0.6) is 5.88 Å². The highest BCUT2D eigenvalue weighted by Crippen LogP contribution is 2.31. The maximum atomic E-state index is 11.7. The van der Waals surface area contributed by atoms with Crippen LogP contribution in [0, 0.1) is 10.1 Å². The van der Waals surface area contributed by atoms with Crippen molar-refractivity contribution in [1.82, 2.24) is 4.98 Å². The third kappa shape index (κ3) is 4.18. The lowest BCUT2D eigenvalue weighted by Gasteiger charge is -2.05. The number of hydrogen-bond donors (Lipinski definition) is 3. The van der Waals surface area contributed by atoms with Gasteiger partial charge in [0.05, 0.1) is 34.9 Å². The number of benzene rings is 2. The highest BCUT2D eigenvalue weighted by atomic mass is 16.6. The molecule has 0 atom stereocenters. The van der Waals surface area contributed by atoms with E-state index in [-0.39, 0.29) is 30.2 Å². The molecule has 9 heteroatoms. The monoisotopic (exact) mass is 396 g/mol. The molecule has 3 rings (SSSR count). The number of nitro groups is 1. The fourth-order valence-corrected chi connectivity index (χ4v) is 3.12. The normalized spacial score (nSPS) is 11.6. The van der Waals surface area contributed by atoms with Gasteiger partial charge in [-0.05, 0) is 44.2 Å². The SMILES string of the molecule is CCOC(=O)Cc1ccc(N=C(C)c2c(O)[nH]c3ccc(N)cc23)cc1[N+](=O)[O-]. The van der Waals surface area contributed by atoms with E-state index in [1.54, 1.807) is 38.1 Å². The zero-order valence-corrected chi connectivity index (χ0v) is 15.9. The lowest BCUT2D eigenvalue weighted by atomic mass is 10.1. The third-order valence-electron chi connectivity index (χ3n) is 4.37. The van der Waals surface area contributed by atoms with Crippen LogP contribution in [0.25, 0.3) is 10.9 Å². The molecule has 0 unspecified atom stereocenters. The molecule has 0 aliphatic carbocycles. The summed E-state index contributed by atoms with van der Waals surface area (Å²) in [5, 5.41) is 22.4. The summed E-state index contributed by atoms with van der Waals surface area (Å²) in [6, 6.07) is 9.51. The second-order valence-corrected chi connectivity index (χ2v) is 6.40. The number of carbonyl (C=O) groups excluding carboxylic acids is 1. The van der Waals surface area contributed by atoms with Crippen LogP contribution in [0.15, 0.2) is 41.4 Å². The summed E-state index contributed by atoms with van der Waals surface area (Å²) >= 11 is 0. The minimum absolute atomic E-state index is 0.0692. The zero-order valence-electron chi connectivity index (χ0n) is 15.9. The van der Waals surface area contributed by atoms with Gasteiger partial charge in [-0.3, -0.25) is 19.9 Å². The van der Waals surface area contributed by atoms with Crippen molar-refractivity contribution < 1.29 is 19.6 Å². The lowest BCUT2D eigenvalue weighted by Crippen LogP contribution is -2.09. The van der Waals surface area contributed by atoms with Crippen molar-refractivity contribution >= 4 is 39.6 Å². The number of fused-ring (bicyclic) bond motifs is 1. The molecule has 3 aromatic rings. The number of ether oxygens (including phenoxy) is 1. The summed E-state index contributed by atoms with van der Waals surface area (Å²) < 4.78 is 4.86. The highest BCUT2D eigenvalue weighted by molar-refractivity contribution is 6.13. The van der Waals surface area contributed by atoms with E-state index in [1.165, 1.54) is 12.1 Å². The summed E-state index contributed by atoms with van der Waals surface area (Å²) in [6.07, 6.45) is -0.199. The molecule has 0 bridgehead atoms. The molecule has 0 fully saturated rings. The number of anilines is 1. The first-order valence-corrected chi connectivity index (χ1v) is 8.89. The largest absolute Gasteiger partial charge is 0.494 e. The molecule has 9 nitrogen and oxygen atoms in total. The Morgan fingerprint density at radius 1 is 1.31 bits per heavy atom. The quantitative estimate of drug-likeness (QED) is 0.191. The van der Waals surface area contributed by atoms with E-state index in [0.717, 1.165) is 0 Å². The molecule has 0 amide bonds. The smallest absolute Gasteiger partial charge is 0.310 e. The van der Waals surface area contributed by atoms with Crippen molar-refractivity contribution in [3.05, 3.63) is 57.6 Å². The van der Waals surface area contributed by atoms with Gasteiger partial charge in [-0.2, -0.15) is 0 Å². The summed E-state index contributed by atoms with van der Waals surface area (Å²) in [7, 11) is 0. The van der Waals surface area contributed by atoms with E-state index in [1.807, 2.05) is 0 Å². The maximum absolute atomic E-state index is 11.7. The molecular formula is C20H20N4O5. The molecule has 4 N–H and O–H groups in total. The highest BCUT2D eigenvalue weighted by Gasteiger charge is 2.19. The number of nitro benzene ring substituents is 1. The van der Waals surface area contributed by atoms with Crippen molar-refractivity contribution in [2.45, 2.75) is 20.3 Å². The molecule has 0 spiro atoms. The number of rotatable bonds is 6. The van der Waals surface area contributed by atoms with Gasteiger partial charge in [0.25, 0.3) is 5.69 Å². The summed E-state index contributed by atoms with van der Waals surface area (Å²) in [5.74, 6) is -0.607. The van der Waals surface area contributed by atoms with Gasteiger partial charge < -0.3 is 20.6 Å². The Bertz CT molecular complexity index is 1130. The Morgan fingerprint density at radius 3 is 2.76 bits per heavy atom. The fraction of sp³-hybridized carbons (Fsp3) is 0.200. The number of hydrogen-bond acceptors (Lipinski definition) is 7. The van der Waals surface area contributed by atoms with Gasteiger partial charge in [0.2, 0.25) is 0 Å². The number of nitrogen functional groups attached to an aromatic ring is 1. The number of aromatic nitrogens is 1. The number of aromatic amines is 1. The van der Waals surface area contributed by atoms with Crippen molar-refractivity contribution in [3.63, 3.8) is 0 Å². The number of nitrogens with two attached hydrogens (primary N) is 1. The number of aliphatic imine (C=N–C) groups is 1. The Hall–Kier alpha value is -3.88. The average Bonchev–Trinajstić information content (AvgIpc) is 2.98. The van der Waals surface area contributed by atoms with Gasteiger partial charge in [0.1, 0.15) is 0 Å². The summed E-state index contributed by atoms with van der Waals surface area (Å²) in [4.78, 5) is 29.8. The maximum Gasteiger partial charge on any atom is 0.310 e. The second kappa shape index (κ2) is 8.01. The minimum atomic E-state index is -0.563. The van der Waals surface area contributed by atoms with Crippen LogP contribution in [-0.4, -0.2) is 33.3 Å². The number of esters is 1. The van der Waals surface area contributed by atoms with Crippen molar-refractivity contribution in [2.75, 3.05) is 12.3 Å². The molecular weight excluding hydrogens is 376 g/mol. The van der Waals surface area contributed by atoms with Crippen LogP contribution in [0.1, 0.15) is 25.0 Å². The van der Waals surface area contributed by atoms with Crippen molar-refractivity contribution in [2.24, 2.45) is 4.99 Å². The molecule has 0 saturated carbocycles. The zero-order chi connectivity index (χ0) is 21.1. The van der Waals surface area contributed by atoms with Gasteiger partial charge >= 0.3 is 5.97 Å². The third-order valence-corrected chi connectivity index (χ3v) is 4.37. The first-order valence-electron chi connectivity index (χ1n) is 8.89. The van der Waals surface area contributed by atoms with Crippen LogP contribution in [0.4, 0.5) is 17.1 Å². The molecule has 2 aromatic carbocycles. The van der Waals surface area contributed by atoms with Crippen LogP contribution < -0.4 is 5.73 Å². The standard InChI is InChI=1S/C20H20N4O5/c1-3-29-18(25)8-12-4-6-14(10-17(12)24(27)28)22-11(2)19-15-9-13(21)5-7-16(15)23-20(19)26/h4-7,9-10,23,26H,3,8,21H2,1-2H3. The first kappa shape index (κ1) is 19.9. The van der Waals surface area contributed by atoms with E-state index >= 15 is 0 Å². The second-order valence-electron chi connectivity index (χ2n) is 6.40. The van der Waals surface area contributed by atoms with Gasteiger partial charge in [-0.15, -0.1) is 0 Å². The predicted molar refractivity (Wildman–Crippen MR) is 110 cm³/mol. The van der Waals surface area contributed by atoms with Crippen LogP contribution >= 0.6 is 0 Å². The topological polar surface area (TPSA) is 144 Å². The fourth-order valence-electron chi connectivity index (χ4n) is 3.12. The minimum Gasteiger partial charge on any atom is -0.494 e. The molecule has 1 heterocycles. The number of nitrogens with zero attached hydrogens (tertiary/aromatic N) is 2. The van der Waals surface area contributed by atoms with E-state index < -0.39 is 10.9 Å². The van der Waals surface area contributed by atoms with Crippen LogP contribution in [0.2, 0.25) is 0 Å². The predicted octanol–water partition coefficient (Wildman–Crippen LogP) is 3.61. The van der Waals surface area contributed by atoms with E-state index in [0.29, 0.717) is 33.6 Å². The lowest BCUT2D eigenvalue weighted by molar-refractivity contribution is -0.385. The molecule has 150 valence electrons. The number of carbonyl (C=O) groups is 1. The van der Waals surface area contributed by atoms with Gasteiger partial charge in [-0.25, -0.2) is 0 Å². The van der Waals surface area contributed by atoms with Crippen molar-refractivity contribution in [3.8, 4) is 5.88 Å². The molecule has 0 radical (unpaired) electrons. The molecule has 29 heavy (non-hydrogen) atoms. The number of aromatic hydroxyl groups is 1. The molecule has 1 aromatic heterocycles. The van der Waals surface area contributed by atoms with E-state index in [4.69, 9.17) is 10.5 Å². The summed E-state index contributed by atoms with van der Waals surface area (Å²) in [5.41, 5.74) is 8.32. The first-order chi connectivity index (χ1) is 13.8. The van der Waals surface area contributed by atoms with E-state index in [2.05, 4.69) is 9.98 Å². The van der Waals surface area contributed by atoms with Gasteiger partial charge in [0, 0.05) is 28.2 Å². The summed E-state index contributed by atoms with van der Waals surface area (Å²) in [6.45, 7) is 3.55. The molecule has 0 aliphatic heterocycles. The van der Waals surface area contributed by atoms with Crippen LogP contribution in [0.3, 0.4) is 0 Å². The van der Waals surface area contributed by atoms with Gasteiger partial charge in [0.15, 0.2) is 5.88 Å². The molecule has 0 aliphatic rings. The Morgan fingerprint density at radius 2 is 2.07 bits per heavy atom. The molecule has 0 saturated heterocycles. The van der Waals surface area contributed by atoms with Gasteiger partial charge in [-0.1, -0.05) is 0 Å². The van der Waals surface area contributed by atoms with Crippen LogP contribution in [-0.2, 0) is 16.0 Å². The van der Waals surface area contributed by atoms with E-state index in [9.17, 15) is 20.0 Å². The number of nitrogens with one attached hydrogen (secondary N) is 1.